The van der Waals surface area contributed by atoms with Gasteiger partial charge in [0.1, 0.15) is 24.1 Å². The Bertz CT molecular complexity index is 1540. The molecule has 5 unspecified atom stereocenters. The van der Waals surface area contributed by atoms with Crippen LogP contribution in [0, 0.1) is 0 Å². The van der Waals surface area contributed by atoms with Crippen LogP contribution in [0.15, 0.2) is 60.9 Å². The second-order valence-corrected chi connectivity index (χ2v) is 13.7. The summed E-state index contributed by atoms with van der Waals surface area (Å²) in [6.45, 7) is 1.74. The number of aliphatic hydroxyl groups is 5. The number of nitrogens with one attached hydrogen (secondary N) is 3. The van der Waals surface area contributed by atoms with Crippen LogP contribution in [-0.2, 0) is 12.1 Å². The first kappa shape index (κ1) is 37.0. The first-order valence-electron chi connectivity index (χ1n) is 17.2. The number of carbonyl (C=O) groups excluding carboxylic acids is 1. The van der Waals surface area contributed by atoms with Gasteiger partial charge >= 0.3 is 6.03 Å². The average Bonchev–Trinajstić information content (AvgIpc) is 4.07. The number of aromatic nitrogens is 1. The van der Waals surface area contributed by atoms with Gasteiger partial charge in [-0.2, -0.15) is 0 Å². The molecule has 2 amide bonds. The number of carbonyl (C=O) groups is 1. The van der Waals surface area contributed by atoms with Gasteiger partial charge in [-0.15, -0.1) is 0 Å². The normalized spacial score (nSPS) is 18.2. The van der Waals surface area contributed by atoms with E-state index in [1.807, 2.05) is 30.6 Å². The van der Waals surface area contributed by atoms with Crippen LogP contribution in [0.2, 0.25) is 5.02 Å². The minimum atomic E-state index is -1.73. The van der Waals surface area contributed by atoms with Crippen molar-refractivity contribution in [3.8, 4) is 16.9 Å². The molecular weight excluding hydrogens is 648 g/mol. The van der Waals surface area contributed by atoms with Gasteiger partial charge in [0.05, 0.1) is 25.4 Å². The minimum absolute atomic E-state index is 0.184. The fourth-order valence-corrected chi connectivity index (χ4v) is 6.30. The van der Waals surface area contributed by atoms with Crippen molar-refractivity contribution in [2.24, 2.45) is 0 Å². The highest BCUT2D eigenvalue weighted by Gasteiger charge is 2.46. The van der Waals surface area contributed by atoms with E-state index in [0.29, 0.717) is 30.6 Å². The highest BCUT2D eigenvalue weighted by atomic mass is 35.5. The molecule has 3 aromatic rings. The number of aliphatic hydroxyl groups excluding tert-OH is 5. The lowest BCUT2D eigenvalue weighted by molar-refractivity contribution is -0.0902. The van der Waals surface area contributed by atoms with Gasteiger partial charge in [-0.3, -0.25) is 4.98 Å². The third-order valence-electron chi connectivity index (χ3n) is 9.54. The van der Waals surface area contributed by atoms with Gasteiger partial charge in [0.25, 0.3) is 0 Å². The predicted molar refractivity (Wildman–Crippen MR) is 187 cm³/mol. The Morgan fingerprint density at radius 3 is 2.51 bits per heavy atom. The number of urea groups is 1. The number of nitrogens with zero attached hydrogens (tertiary/aromatic N) is 1. The number of rotatable bonds is 19. The Labute approximate surface area is 292 Å². The molecule has 8 N–H and O–H groups in total. The summed E-state index contributed by atoms with van der Waals surface area (Å²) < 4.78 is 6.26. The number of amides is 2. The molecule has 2 saturated carbocycles. The van der Waals surface area contributed by atoms with Crippen molar-refractivity contribution in [2.75, 3.05) is 19.8 Å². The van der Waals surface area contributed by atoms with E-state index in [2.05, 4.69) is 58.2 Å². The van der Waals surface area contributed by atoms with Crippen LogP contribution in [0.3, 0.4) is 0 Å². The summed E-state index contributed by atoms with van der Waals surface area (Å²) in [5.74, 6) is 1.18. The molecule has 0 radical (unpaired) electrons. The van der Waals surface area contributed by atoms with Gasteiger partial charge in [0.15, 0.2) is 0 Å². The lowest BCUT2D eigenvalue weighted by Gasteiger charge is -2.28. The molecule has 0 bridgehead atoms. The lowest BCUT2D eigenvalue weighted by atomic mass is 9.93. The van der Waals surface area contributed by atoms with Crippen molar-refractivity contribution in [1.82, 2.24) is 20.9 Å². The van der Waals surface area contributed by atoms with E-state index in [1.54, 1.807) is 0 Å². The predicted octanol–water partition coefficient (Wildman–Crippen LogP) is 3.73. The van der Waals surface area contributed by atoms with Crippen LogP contribution in [0.25, 0.3) is 11.1 Å². The van der Waals surface area contributed by atoms with Gasteiger partial charge in [0.2, 0.25) is 0 Å². The maximum Gasteiger partial charge on any atom is 0.315 e. The van der Waals surface area contributed by atoms with Crippen LogP contribution in [-0.4, -0.2) is 86.8 Å². The molecule has 2 aliphatic carbocycles. The molecule has 0 aliphatic heterocycles. The number of ether oxygens (including phenoxy) is 1. The third-order valence-corrected chi connectivity index (χ3v) is 9.91. The van der Waals surface area contributed by atoms with E-state index in [4.69, 9.17) is 21.4 Å². The van der Waals surface area contributed by atoms with Gasteiger partial charge in [-0.1, -0.05) is 55.3 Å². The van der Waals surface area contributed by atoms with E-state index in [-0.39, 0.29) is 11.5 Å². The molecule has 1 aromatic heterocycles. The van der Waals surface area contributed by atoms with Gasteiger partial charge in [-0.05, 0) is 84.9 Å². The topological polar surface area (TPSA) is 176 Å². The molecule has 1 heterocycles. The molecule has 49 heavy (non-hydrogen) atoms. The zero-order chi connectivity index (χ0) is 35.0. The quantitative estimate of drug-likeness (QED) is 0.0869. The summed E-state index contributed by atoms with van der Waals surface area (Å²) in [6.07, 6.45) is 5.82. The van der Waals surface area contributed by atoms with E-state index >= 15 is 0 Å². The maximum absolute atomic E-state index is 12.3. The van der Waals surface area contributed by atoms with Crippen molar-refractivity contribution in [1.29, 1.82) is 0 Å². The Morgan fingerprint density at radius 2 is 1.80 bits per heavy atom. The Kier molecular flexibility index (Phi) is 12.9. The first-order chi connectivity index (χ1) is 23.7. The molecule has 2 fully saturated rings. The Balaban J connectivity index is 1.12. The molecule has 2 aromatic carbocycles. The monoisotopic (exact) mass is 696 g/mol. The largest absolute Gasteiger partial charge is 0.490 e. The van der Waals surface area contributed by atoms with E-state index in [0.717, 1.165) is 61.0 Å². The second kappa shape index (κ2) is 17.1. The number of unbranched alkanes of at least 4 members (excludes halogenated alkanes) is 1. The molecule has 5 rings (SSSR count). The first-order valence-corrected chi connectivity index (χ1v) is 17.6. The Hall–Kier alpha value is -3.29. The van der Waals surface area contributed by atoms with Crippen molar-refractivity contribution >= 4 is 17.6 Å². The minimum Gasteiger partial charge on any atom is -0.490 e. The highest BCUT2D eigenvalue weighted by molar-refractivity contribution is 6.31. The summed E-state index contributed by atoms with van der Waals surface area (Å²) in [5.41, 5.74) is 5.44. The zero-order valence-corrected chi connectivity index (χ0v) is 28.6. The summed E-state index contributed by atoms with van der Waals surface area (Å²) >= 11 is 6.70. The molecule has 0 spiro atoms. The fraction of sp³-hybridized carbons (Fsp3) is 0.514. The molecular formula is C37H49ClN4O7. The molecule has 12 heteroatoms. The summed E-state index contributed by atoms with van der Waals surface area (Å²) in [4.78, 5) is 16.8. The van der Waals surface area contributed by atoms with Crippen LogP contribution >= 0.6 is 11.6 Å². The maximum atomic E-state index is 12.3. The van der Waals surface area contributed by atoms with Gasteiger partial charge in [-0.25, -0.2) is 4.79 Å². The number of pyridine rings is 1. The standard InChI is InChI=1S/C37H49ClN4O7/c1-23(6-4-5-16-40-36(48)42-31(21-43)34(46)35(47)32(45)22-44)24-9-12-30(38)25(18-24)19-41-37(14-15-37)29-20-39-17-13-27(29)28-7-2-3-8-33(28)49-26-10-11-26/h2-3,7-9,12-13,17-18,20,23,26,31-32,34-35,41,43-47H,4-6,10-11,14-16,19,21-22H2,1H3,(H2,40,42,48). The molecule has 0 saturated heterocycles. The number of hydrogen-bond donors (Lipinski definition) is 8. The molecule has 5 atom stereocenters. The third kappa shape index (κ3) is 9.70. The van der Waals surface area contributed by atoms with Crippen LogP contribution in [0.5, 0.6) is 5.75 Å². The van der Waals surface area contributed by atoms with Crippen molar-refractivity contribution in [3.63, 3.8) is 0 Å². The lowest BCUT2D eigenvalue weighted by Crippen LogP contribution is -2.56. The summed E-state index contributed by atoms with van der Waals surface area (Å²) in [7, 11) is 0. The van der Waals surface area contributed by atoms with Crippen LogP contribution in [0.1, 0.15) is 74.5 Å². The number of benzene rings is 2. The molecule has 11 nitrogen and oxygen atoms in total. The van der Waals surface area contributed by atoms with E-state index < -0.39 is 43.6 Å². The van der Waals surface area contributed by atoms with E-state index in [9.17, 15) is 25.2 Å². The second-order valence-electron chi connectivity index (χ2n) is 13.3. The van der Waals surface area contributed by atoms with Crippen molar-refractivity contribution < 1.29 is 35.1 Å². The SMILES string of the molecule is CC(CCCCNC(=O)NC(CO)C(O)C(O)C(O)CO)c1ccc(Cl)c(CNC2(c3cnccc3-c3ccccc3OC3CC3)CC2)c1. The number of para-hydroxylation sites is 1. The van der Waals surface area contributed by atoms with Crippen LogP contribution in [0.4, 0.5) is 4.79 Å². The average molecular weight is 697 g/mol. The number of halogens is 1. The Morgan fingerprint density at radius 1 is 1.02 bits per heavy atom. The highest BCUT2D eigenvalue weighted by Crippen LogP contribution is 2.50. The van der Waals surface area contributed by atoms with E-state index in [1.165, 1.54) is 11.1 Å². The number of hydrogen-bond acceptors (Lipinski definition) is 9. The molecule has 2 aliphatic rings. The summed E-state index contributed by atoms with van der Waals surface area (Å²) in [5, 5.41) is 57.6. The van der Waals surface area contributed by atoms with Gasteiger partial charge in [0, 0.05) is 41.6 Å². The summed E-state index contributed by atoms with van der Waals surface area (Å²) in [6, 6.07) is 14.7. The zero-order valence-electron chi connectivity index (χ0n) is 27.9. The molecule has 266 valence electrons. The van der Waals surface area contributed by atoms with Gasteiger partial charge < -0.3 is 46.2 Å². The van der Waals surface area contributed by atoms with Crippen molar-refractivity contribution in [3.05, 3.63) is 82.6 Å². The fourth-order valence-electron chi connectivity index (χ4n) is 6.11. The van der Waals surface area contributed by atoms with Crippen LogP contribution < -0.4 is 20.7 Å². The van der Waals surface area contributed by atoms with Crippen molar-refractivity contribution in [2.45, 2.75) is 100 Å². The smallest absolute Gasteiger partial charge is 0.315 e.